The van der Waals surface area contributed by atoms with Crippen LogP contribution in [0.5, 0.6) is 0 Å². The van der Waals surface area contributed by atoms with Crippen molar-refractivity contribution in [1.29, 1.82) is 0 Å². The molecule has 2 aliphatic heterocycles. The van der Waals surface area contributed by atoms with Crippen molar-refractivity contribution in [3.63, 3.8) is 0 Å². The molecule has 0 radical (unpaired) electrons. The molecule has 7 heteroatoms. The Morgan fingerprint density at radius 3 is 2.96 bits per heavy atom. The first-order chi connectivity index (χ1) is 11.2. The molecule has 2 atom stereocenters. The number of hydrogen-bond acceptors (Lipinski definition) is 7. The first kappa shape index (κ1) is 15.3. The number of aryl methyl sites for hydroxylation is 2. The van der Waals surface area contributed by atoms with Gasteiger partial charge in [0.1, 0.15) is 10.8 Å². The molecule has 6 nitrogen and oxygen atoms in total. The molecular weight excluding hydrogens is 312 g/mol. The predicted octanol–water partition coefficient (Wildman–Crippen LogP) is 1.83. The third-order valence-corrected chi connectivity index (χ3v) is 5.64. The van der Waals surface area contributed by atoms with Crippen molar-refractivity contribution in [2.24, 2.45) is 0 Å². The predicted molar refractivity (Wildman–Crippen MR) is 87.3 cm³/mol. The minimum atomic E-state index is 0.296. The molecule has 0 amide bonds. The molecule has 0 aliphatic carbocycles. The highest BCUT2D eigenvalue weighted by molar-refractivity contribution is 7.09. The Morgan fingerprint density at radius 2 is 2.22 bits per heavy atom. The van der Waals surface area contributed by atoms with Gasteiger partial charge in [0.15, 0.2) is 0 Å². The number of ether oxygens (including phenoxy) is 1. The van der Waals surface area contributed by atoms with Crippen LogP contribution < -0.4 is 0 Å². The van der Waals surface area contributed by atoms with E-state index in [1.54, 1.807) is 11.3 Å². The summed E-state index contributed by atoms with van der Waals surface area (Å²) in [5.41, 5.74) is 2.23. The van der Waals surface area contributed by atoms with Crippen LogP contribution in [-0.4, -0.2) is 58.3 Å². The van der Waals surface area contributed by atoms with E-state index in [4.69, 9.17) is 9.26 Å². The van der Waals surface area contributed by atoms with E-state index in [0.29, 0.717) is 12.1 Å². The second-order valence-electron chi connectivity index (χ2n) is 6.37. The highest BCUT2D eigenvalue weighted by Crippen LogP contribution is 2.27. The molecule has 2 saturated heterocycles. The van der Waals surface area contributed by atoms with E-state index >= 15 is 0 Å². The van der Waals surface area contributed by atoms with Gasteiger partial charge in [0.05, 0.1) is 31.0 Å². The standard InChI is InChI=1S/C16H22N4O2S/c1-11-13(12(2)22-18-11)7-20-4-5-21-15-9-19(8-14(15)20)10-16-17-3-6-23-16/h3,6,14-15H,4-5,7-10H2,1-2H3/t14-,15+/m1/s1. The Hall–Kier alpha value is -1.28. The molecule has 23 heavy (non-hydrogen) atoms. The van der Waals surface area contributed by atoms with Crippen molar-refractivity contribution in [3.8, 4) is 0 Å². The largest absolute Gasteiger partial charge is 0.374 e. The maximum Gasteiger partial charge on any atom is 0.138 e. The van der Waals surface area contributed by atoms with E-state index in [9.17, 15) is 0 Å². The molecule has 2 aromatic heterocycles. The second kappa shape index (κ2) is 6.32. The number of morpholine rings is 1. The molecule has 0 N–H and O–H groups in total. The third kappa shape index (κ3) is 3.06. The van der Waals surface area contributed by atoms with E-state index in [1.165, 1.54) is 10.6 Å². The number of fused-ring (bicyclic) bond motifs is 1. The Morgan fingerprint density at radius 1 is 1.30 bits per heavy atom. The summed E-state index contributed by atoms with van der Waals surface area (Å²) >= 11 is 1.72. The molecule has 2 aromatic rings. The van der Waals surface area contributed by atoms with Crippen LogP contribution in [0.4, 0.5) is 0 Å². The van der Waals surface area contributed by atoms with Crippen LogP contribution in [-0.2, 0) is 17.8 Å². The lowest BCUT2D eigenvalue weighted by atomic mass is 10.1. The SMILES string of the molecule is Cc1noc(C)c1CN1CCO[C@H]2CN(Cc3nccs3)C[C@H]21. The normalized spacial score (nSPS) is 25.8. The number of likely N-dealkylation sites (tertiary alicyclic amines) is 1. The van der Waals surface area contributed by atoms with E-state index in [0.717, 1.165) is 50.8 Å². The van der Waals surface area contributed by atoms with E-state index in [1.807, 2.05) is 25.4 Å². The molecule has 124 valence electrons. The monoisotopic (exact) mass is 334 g/mol. The second-order valence-corrected chi connectivity index (χ2v) is 7.35. The van der Waals surface area contributed by atoms with E-state index in [-0.39, 0.29) is 0 Å². The lowest BCUT2D eigenvalue weighted by Gasteiger charge is -2.36. The van der Waals surface area contributed by atoms with Crippen LogP contribution >= 0.6 is 11.3 Å². The smallest absolute Gasteiger partial charge is 0.138 e. The molecule has 2 fully saturated rings. The topological polar surface area (TPSA) is 54.6 Å². The van der Waals surface area contributed by atoms with Crippen molar-refractivity contribution in [2.75, 3.05) is 26.2 Å². The zero-order valence-electron chi connectivity index (χ0n) is 13.6. The first-order valence-corrected chi connectivity index (χ1v) is 8.97. The van der Waals surface area contributed by atoms with Crippen LogP contribution in [0.15, 0.2) is 16.1 Å². The fourth-order valence-corrected chi connectivity index (χ4v) is 4.27. The highest BCUT2D eigenvalue weighted by Gasteiger charge is 2.40. The summed E-state index contributed by atoms with van der Waals surface area (Å²) in [6.07, 6.45) is 2.17. The van der Waals surface area contributed by atoms with Crippen molar-refractivity contribution >= 4 is 11.3 Å². The van der Waals surface area contributed by atoms with Crippen LogP contribution in [0, 0.1) is 13.8 Å². The minimum Gasteiger partial charge on any atom is -0.374 e. The first-order valence-electron chi connectivity index (χ1n) is 8.09. The Balaban J connectivity index is 1.45. The number of aromatic nitrogens is 2. The lowest BCUT2D eigenvalue weighted by molar-refractivity contribution is -0.0506. The average Bonchev–Trinajstić information content (AvgIpc) is 3.25. The van der Waals surface area contributed by atoms with Gasteiger partial charge in [-0.05, 0) is 13.8 Å². The van der Waals surface area contributed by atoms with Crippen LogP contribution in [0.2, 0.25) is 0 Å². The van der Waals surface area contributed by atoms with Crippen LogP contribution in [0.1, 0.15) is 22.0 Å². The number of thiazole rings is 1. The molecule has 0 aromatic carbocycles. The summed E-state index contributed by atoms with van der Waals surface area (Å²) < 4.78 is 11.3. The zero-order valence-corrected chi connectivity index (χ0v) is 14.4. The summed E-state index contributed by atoms with van der Waals surface area (Å²) in [6, 6.07) is 0.442. The maximum atomic E-state index is 6.02. The van der Waals surface area contributed by atoms with Gasteiger partial charge in [-0.25, -0.2) is 4.98 Å². The molecule has 0 bridgehead atoms. The molecule has 0 saturated carbocycles. The summed E-state index contributed by atoms with van der Waals surface area (Å²) in [5, 5.41) is 7.30. The average molecular weight is 334 g/mol. The molecule has 4 rings (SSSR count). The molecule has 4 heterocycles. The van der Waals surface area contributed by atoms with Crippen molar-refractivity contribution in [1.82, 2.24) is 19.9 Å². The van der Waals surface area contributed by atoms with Crippen molar-refractivity contribution in [3.05, 3.63) is 33.6 Å². The fourth-order valence-electron chi connectivity index (χ4n) is 3.61. The number of hydrogen-bond donors (Lipinski definition) is 0. The summed E-state index contributed by atoms with van der Waals surface area (Å²) in [6.45, 7) is 9.63. The Labute approximate surface area is 140 Å². The van der Waals surface area contributed by atoms with E-state index in [2.05, 4.69) is 19.9 Å². The highest BCUT2D eigenvalue weighted by atomic mass is 32.1. The molecular formula is C16H22N4O2S. The maximum absolute atomic E-state index is 6.02. The van der Waals surface area contributed by atoms with Gasteiger partial charge in [0.2, 0.25) is 0 Å². The quantitative estimate of drug-likeness (QED) is 0.850. The summed E-state index contributed by atoms with van der Waals surface area (Å²) in [7, 11) is 0. The lowest BCUT2D eigenvalue weighted by Crippen LogP contribution is -2.50. The van der Waals surface area contributed by atoms with Crippen molar-refractivity contribution < 1.29 is 9.26 Å². The van der Waals surface area contributed by atoms with Gasteiger partial charge in [-0.15, -0.1) is 11.3 Å². The van der Waals surface area contributed by atoms with Gasteiger partial charge in [-0.2, -0.15) is 0 Å². The molecule has 0 spiro atoms. The van der Waals surface area contributed by atoms with E-state index < -0.39 is 0 Å². The van der Waals surface area contributed by atoms with Crippen LogP contribution in [0.3, 0.4) is 0 Å². The van der Waals surface area contributed by atoms with Gasteiger partial charge in [-0.3, -0.25) is 9.80 Å². The third-order valence-electron chi connectivity index (χ3n) is 4.88. The number of rotatable bonds is 4. The summed E-state index contributed by atoms with van der Waals surface area (Å²) in [4.78, 5) is 9.39. The van der Waals surface area contributed by atoms with Crippen LogP contribution in [0.25, 0.3) is 0 Å². The minimum absolute atomic E-state index is 0.296. The van der Waals surface area contributed by atoms with Gasteiger partial charge in [0, 0.05) is 43.3 Å². The van der Waals surface area contributed by atoms with Crippen molar-refractivity contribution in [2.45, 2.75) is 39.1 Å². The van der Waals surface area contributed by atoms with Gasteiger partial charge >= 0.3 is 0 Å². The Bertz CT molecular complexity index is 638. The van der Waals surface area contributed by atoms with Gasteiger partial charge in [-0.1, -0.05) is 5.16 Å². The Kier molecular flexibility index (Phi) is 4.19. The molecule has 2 aliphatic rings. The summed E-state index contributed by atoms with van der Waals surface area (Å²) in [5.74, 6) is 0.934. The zero-order chi connectivity index (χ0) is 15.8. The molecule has 0 unspecified atom stereocenters. The van der Waals surface area contributed by atoms with Gasteiger partial charge < -0.3 is 9.26 Å². The fraction of sp³-hybridized carbons (Fsp3) is 0.625. The number of nitrogens with zero attached hydrogens (tertiary/aromatic N) is 4. The van der Waals surface area contributed by atoms with Gasteiger partial charge in [0.25, 0.3) is 0 Å².